The molecule has 0 aliphatic carbocycles. The third-order valence-corrected chi connectivity index (χ3v) is 3.23. The van der Waals surface area contributed by atoms with E-state index < -0.39 is 29.7 Å². The summed E-state index contributed by atoms with van der Waals surface area (Å²) in [5.41, 5.74) is 0.246. The first-order valence-corrected chi connectivity index (χ1v) is 7.21. The highest BCUT2D eigenvalue weighted by molar-refractivity contribution is 6.26. The van der Waals surface area contributed by atoms with Crippen molar-refractivity contribution in [2.45, 2.75) is 39.7 Å². The van der Waals surface area contributed by atoms with E-state index in [4.69, 9.17) is 0 Å². The average Bonchev–Trinajstić information content (AvgIpc) is 2.71. The lowest BCUT2D eigenvalue weighted by molar-refractivity contribution is -0.149. The SMILES string of the molecule is C=C1C(=O)N(C2CCC(=O)NC2=O)C(=O)/C1=C/C=C\C.CC. The minimum atomic E-state index is -0.944. The van der Waals surface area contributed by atoms with Crippen molar-refractivity contribution in [2.75, 3.05) is 0 Å². The van der Waals surface area contributed by atoms with Crippen LogP contribution >= 0.6 is 0 Å². The van der Waals surface area contributed by atoms with E-state index in [0.717, 1.165) is 4.90 Å². The predicted molar refractivity (Wildman–Crippen MR) is 81.4 cm³/mol. The van der Waals surface area contributed by atoms with Crippen LogP contribution in [0, 0.1) is 0 Å². The molecular formula is C16H20N2O4. The van der Waals surface area contributed by atoms with Crippen molar-refractivity contribution in [3.05, 3.63) is 36.0 Å². The molecule has 2 rings (SSSR count). The summed E-state index contributed by atoms with van der Waals surface area (Å²) in [6, 6.07) is -0.944. The molecule has 1 atom stereocenters. The van der Waals surface area contributed by atoms with E-state index in [9.17, 15) is 19.2 Å². The van der Waals surface area contributed by atoms with E-state index in [0.29, 0.717) is 0 Å². The van der Waals surface area contributed by atoms with Gasteiger partial charge in [0.15, 0.2) is 0 Å². The van der Waals surface area contributed by atoms with Gasteiger partial charge in [0.25, 0.3) is 11.8 Å². The molecule has 0 radical (unpaired) electrons. The molecule has 2 aliphatic rings. The molecule has 0 saturated carbocycles. The fourth-order valence-electron chi connectivity index (χ4n) is 2.19. The summed E-state index contributed by atoms with van der Waals surface area (Å²) < 4.78 is 0. The molecule has 6 nitrogen and oxygen atoms in total. The molecule has 6 heteroatoms. The van der Waals surface area contributed by atoms with E-state index in [1.807, 2.05) is 13.8 Å². The fraction of sp³-hybridized carbons (Fsp3) is 0.375. The molecule has 0 aromatic heterocycles. The van der Waals surface area contributed by atoms with Crippen molar-refractivity contribution >= 4 is 23.6 Å². The Morgan fingerprint density at radius 3 is 2.36 bits per heavy atom. The molecular weight excluding hydrogens is 284 g/mol. The van der Waals surface area contributed by atoms with Gasteiger partial charge in [0.1, 0.15) is 6.04 Å². The first-order chi connectivity index (χ1) is 10.5. The Kier molecular flexibility index (Phi) is 5.98. The second-order valence-corrected chi connectivity index (χ2v) is 4.53. The van der Waals surface area contributed by atoms with Crippen LogP contribution in [0.1, 0.15) is 33.6 Å². The maximum atomic E-state index is 12.2. The molecule has 2 saturated heterocycles. The van der Waals surface area contributed by atoms with E-state index in [1.165, 1.54) is 6.08 Å². The number of carbonyl (C=O) groups is 4. The summed E-state index contributed by atoms with van der Waals surface area (Å²) in [4.78, 5) is 48.1. The summed E-state index contributed by atoms with van der Waals surface area (Å²) in [6.07, 6.45) is 5.08. The highest BCUT2D eigenvalue weighted by atomic mass is 16.2. The van der Waals surface area contributed by atoms with Crippen LogP contribution in [0.15, 0.2) is 36.0 Å². The minimum absolute atomic E-state index is 0.0674. The maximum Gasteiger partial charge on any atom is 0.262 e. The Morgan fingerprint density at radius 1 is 1.18 bits per heavy atom. The van der Waals surface area contributed by atoms with Crippen LogP contribution in [-0.2, 0) is 19.2 Å². The van der Waals surface area contributed by atoms with Gasteiger partial charge in [0.05, 0.1) is 5.57 Å². The second kappa shape index (κ2) is 7.49. The van der Waals surface area contributed by atoms with Crippen molar-refractivity contribution in [2.24, 2.45) is 0 Å². The van der Waals surface area contributed by atoms with Crippen molar-refractivity contribution in [3.8, 4) is 0 Å². The van der Waals surface area contributed by atoms with Gasteiger partial charge in [-0.2, -0.15) is 0 Å². The number of piperidine rings is 1. The van der Waals surface area contributed by atoms with Crippen LogP contribution in [0.3, 0.4) is 0 Å². The molecule has 4 amide bonds. The van der Waals surface area contributed by atoms with E-state index in [1.54, 1.807) is 19.1 Å². The third-order valence-electron chi connectivity index (χ3n) is 3.23. The zero-order valence-electron chi connectivity index (χ0n) is 13.0. The average molecular weight is 304 g/mol. The number of likely N-dealkylation sites (tertiary alicyclic amines) is 1. The molecule has 1 N–H and O–H groups in total. The molecule has 22 heavy (non-hydrogen) atoms. The Hall–Kier alpha value is -2.50. The zero-order chi connectivity index (χ0) is 16.9. The summed E-state index contributed by atoms with van der Waals surface area (Å²) in [5.74, 6) is -2.15. The quantitative estimate of drug-likeness (QED) is 0.614. The highest BCUT2D eigenvalue weighted by Gasteiger charge is 2.45. The first kappa shape index (κ1) is 17.6. The molecule has 118 valence electrons. The summed E-state index contributed by atoms with van der Waals surface area (Å²) in [7, 11) is 0. The van der Waals surface area contributed by atoms with Crippen LogP contribution in [0.5, 0.6) is 0 Å². The number of nitrogens with one attached hydrogen (secondary N) is 1. The number of nitrogens with zero attached hydrogens (tertiary/aromatic N) is 1. The van der Waals surface area contributed by atoms with Gasteiger partial charge in [-0.3, -0.25) is 29.4 Å². The Bertz CT molecular complexity index is 587. The van der Waals surface area contributed by atoms with Gasteiger partial charge >= 0.3 is 0 Å². The monoisotopic (exact) mass is 304 g/mol. The Morgan fingerprint density at radius 2 is 1.82 bits per heavy atom. The maximum absolute atomic E-state index is 12.2. The summed E-state index contributed by atoms with van der Waals surface area (Å²) >= 11 is 0. The van der Waals surface area contributed by atoms with Crippen LogP contribution in [0.2, 0.25) is 0 Å². The van der Waals surface area contributed by atoms with Gasteiger partial charge in [-0.15, -0.1) is 0 Å². The Balaban J connectivity index is 0.00000116. The van der Waals surface area contributed by atoms with Gasteiger partial charge < -0.3 is 0 Å². The van der Waals surface area contributed by atoms with Crippen LogP contribution in [-0.4, -0.2) is 34.6 Å². The van der Waals surface area contributed by atoms with Crippen molar-refractivity contribution in [1.82, 2.24) is 10.2 Å². The molecule has 2 fully saturated rings. The molecule has 1 unspecified atom stereocenters. The minimum Gasteiger partial charge on any atom is -0.295 e. The number of amides is 4. The number of allylic oxidation sites excluding steroid dienone is 3. The number of hydrogen-bond donors (Lipinski definition) is 1. The topological polar surface area (TPSA) is 83.6 Å². The van der Waals surface area contributed by atoms with Crippen LogP contribution in [0.4, 0.5) is 0 Å². The molecule has 0 aromatic carbocycles. The standard InChI is InChI=1S/C14H14N2O4.C2H6/c1-3-4-5-9-8(2)13(19)16(14(9)20)10-6-7-11(17)15-12(10)18;1-2/h3-5,10H,2,6-7H2,1H3,(H,15,17,18);1-2H3/b4-3-,9-5+;. The predicted octanol–water partition coefficient (Wildman–Crippen LogP) is 1.25. The number of imide groups is 2. The highest BCUT2D eigenvalue weighted by Crippen LogP contribution is 2.28. The van der Waals surface area contributed by atoms with Gasteiger partial charge in [0.2, 0.25) is 11.8 Å². The lowest BCUT2D eigenvalue weighted by Gasteiger charge is -2.27. The third kappa shape index (κ3) is 3.21. The van der Waals surface area contributed by atoms with Crippen molar-refractivity contribution in [1.29, 1.82) is 0 Å². The van der Waals surface area contributed by atoms with Gasteiger partial charge in [-0.25, -0.2) is 0 Å². The Labute approximate surface area is 129 Å². The molecule has 0 spiro atoms. The van der Waals surface area contributed by atoms with Gasteiger partial charge in [-0.05, 0) is 19.4 Å². The summed E-state index contributed by atoms with van der Waals surface area (Å²) in [6.45, 7) is 9.37. The first-order valence-electron chi connectivity index (χ1n) is 7.21. The van der Waals surface area contributed by atoms with Crippen molar-refractivity contribution in [3.63, 3.8) is 0 Å². The smallest absolute Gasteiger partial charge is 0.262 e. The second-order valence-electron chi connectivity index (χ2n) is 4.53. The lowest BCUT2D eigenvalue weighted by atomic mass is 10.0. The normalized spacial score (nSPS) is 24.0. The number of carbonyl (C=O) groups excluding carboxylic acids is 4. The van der Waals surface area contributed by atoms with Gasteiger partial charge in [-0.1, -0.05) is 32.6 Å². The fourth-order valence-corrected chi connectivity index (χ4v) is 2.19. The van der Waals surface area contributed by atoms with Gasteiger partial charge in [0, 0.05) is 12.0 Å². The largest absolute Gasteiger partial charge is 0.295 e. The lowest BCUT2D eigenvalue weighted by Crippen LogP contribution is -2.54. The molecule has 0 bridgehead atoms. The molecule has 2 heterocycles. The molecule has 0 aromatic rings. The van der Waals surface area contributed by atoms with Crippen LogP contribution < -0.4 is 5.32 Å². The van der Waals surface area contributed by atoms with E-state index in [-0.39, 0.29) is 24.0 Å². The van der Waals surface area contributed by atoms with Crippen LogP contribution in [0.25, 0.3) is 0 Å². The summed E-state index contributed by atoms with van der Waals surface area (Å²) in [5, 5.41) is 2.13. The zero-order valence-corrected chi connectivity index (χ0v) is 13.0. The molecule has 2 aliphatic heterocycles. The van der Waals surface area contributed by atoms with Crippen molar-refractivity contribution < 1.29 is 19.2 Å². The number of hydrogen-bond acceptors (Lipinski definition) is 4. The van der Waals surface area contributed by atoms with E-state index in [2.05, 4.69) is 11.9 Å². The number of rotatable bonds is 2. The van der Waals surface area contributed by atoms with E-state index >= 15 is 0 Å².